The average molecular weight is 405 g/mol. The molecule has 1 fully saturated rings. The Morgan fingerprint density at radius 3 is 2.96 bits per heavy atom. The van der Waals surface area contributed by atoms with Crippen molar-refractivity contribution in [3.63, 3.8) is 0 Å². The Balaban J connectivity index is 1.79. The number of anilines is 1. The van der Waals surface area contributed by atoms with E-state index in [4.69, 9.17) is 4.74 Å². The minimum atomic E-state index is -0.704. The molecule has 2 amide bonds. The lowest BCUT2D eigenvalue weighted by Crippen LogP contribution is -2.65. The molecule has 4 nitrogen and oxygen atoms in total. The number of fused-ring (bicyclic) bond motifs is 4. The van der Waals surface area contributed by atoms with Crippen LogP contribution in [0.15, 0.2) is 51.8 Å². The van der Waals surface area contributed by atoms with E-state index in [-0.39, 0.29) is 12.1 Å². The predicted octanol–water partition coefficient (Wildman–Crippen LogP) is 4.94. The fourth-order valence-corrected chi connectivity index (χ4v) is 4.32. The Kier molecular flexibility index (Phi) is 3.77. The van der Waals surface area contributed by atoms with Gasteiger partial charge in [-0.25, -0.2) is 4.79 Å². The minimum Gasteiger partial charge on any atom is -0.467 e. The van der Waals surface area contributed by atoms with E-state index in [1.165, 1.54) is 0 Å². The summed E-state index contributed by atoms with van der Waals surface area (Å²) >= 11 is 5.15. The lowest BCUT2D eigenvalue weighted by molar-refractivity contribution is 0.0378. The molecule has 2 heterocycles. The zero-order valence-corrected chi connectivity index (χ0v) is 15.8. The van der Waals surface area contributed by atoms with Crippen molar-refractivity contribution in [1.82, 2.24) is 5.32 Å². The third-order valence-electron chi connectivity index (χ3n) is 4.55. The number of urea groups is 1. The van der Waals surface area contributed by atoms with Crippen molar-refractivity contribution < 1.29 is 9.53 Å². The van der Waals surface area contributed by atoms with Crippen LogP contribution in [-0.2, 0) is 0 Å². The Morgan fingerprint density at radius 1 is 1.33 bits per heavy atom. The highest BCUT2D eigenvalue weighted by atomic mass is 79.9. The number of halogens is 1. The molecular weight excluding hydrogens is 388 g/mol. The number of nitrogens with zero attached hydrogens (tertiary/aromatic N) is 1. The van der Waals surface area contributed by atoms with Crippen molar-refractivity contribution in [2.75, 3.05) is 11.2 Å². The van der Waals surface area contributed by atoms with E-state index in [1.807, 2.05) is 55.6 Å². The van der Waals surface area contributed by atoms with E-state index in [1.54, 1.807) is 16.7 Å². The van der Waals surface area contributed by atoms with Gasteiger partial charge in [-0.15, -0.1) is 11.8 Å². The molecule has 1 saturated heterocycles. The molecule has 0 unspecified atom stereocenters. The van der Waals surface area contributed by atoms with Crippen LogP contribution in [0.2, 0.25) is 0 Å². The number of benzene rings is 2. The molecule has 2 aromatic carbocycles. The number of hydrogen-bond donors (Lipinski definition) is 1. The lowest BCUT2D eigenvalue weighted by atomic mass is 9.90. The van der Waals surface area contributed by atoms with Crippen molar-refractivity contribution >= 4 is 39.4 Å². The third kappa shape index (κ3) is 2.48. The van der Waals surface area contributed by atoms with Crippen LogP contribution in [-0.4, -0.2) is 18.0 Å². The Hall–Kier alpha value is -1.66. The van der Waals surface area contributed by atoms with Gasteiger partial charge in [-0.1, -0.05) is 22.0 Å². The first kappa shape index (κ1) is 15.8. The molecule has 1 N–H and O–H groups in total. The molecular formula is C18H17BrN2O2S. The maximum atomic E-state index is 12.8. The maximum Gasteiger partial charge on any atom is 0.325 e. The summed E-state index contributed by atoms with van der Waals surface area (Å²) in [6.07, 6.45) is 2.73. The fraction of sp³-hybridized carbons (Fsp3) is 0.278. The summed E-state index contributed by atoms with van der Waals surface area (Å²) in [4.78, 5) is 15.7. The average Bonchev–Trinajstić information content (AvgIpc) is 2.55. The third-order valence-corrected chi connectivity index (χ3v) is 5.76. The zero-order valence-electron chi connectivity index (χ0n) is 13.4. The van der Waals surface area contributed by atoms with Crippen molar-refractivity contribution in [3.05, 3.63) is 52.5 Å². The Bertz CT molecular complexity index is 828. The summed E-state index contributed by atoms with van der Waals surface area (Å²) in [5.41, 5.74) is 1.17. The standard InChI is InChI=1S/C18H17BrN2O2S/c1-18-10-15(14-8-11(19)6-7-16(14)23-18)20-17(22)21(18)12-4-3-5-13(9-12)24-2/h3-9,15H,10H2,1-2H3,(H,20,22)/t15-,18+/m0/s1. The van der Waals surface area contributed by atoms with Gasteiger partial charge in [0.25, 0.3) is 0 Å². The van der Waals surface area contributed by atoms with Gasteiger partial charge in [0.1, 0.15) is 5.75 Å². The van der Waals surface area contributed by atoms with Gasteiger partial charge in [0.2, 0.25) is 0 Å². The maximum absolute atomic E-state index is 12.8. The number of hydrogen-bond acceptors (Lipinski definition) is 3. The van der Waals surface area contributed by atoms with Gasteiger partial charge in [0.15, 0.2) is 5.72 Å². The van der Waals surface area contributed by atoms with E-state index < -0.39 is 5.72 Å². The molecule has 2 atom stereocenters. The number of carbonyl (C=O) groups is 1. The minimum absolute atomic E-state index is 0.0382. The Morgan fingerprint density at radius 2 is 2.17 bits per heavy atom. The lowest BCUT2D eigenvalue weighted by Gasteiger charge is -2.50. The molecule has 24 heavy (non-hydrogen) atoms. The van der Waals surface area contributed by atoms with Crippen LogP contribution in [0.1, 0.15) is 24.9 Å². The smallest absolute Gasteiger partial charge is 0.325 e. The second kappa shape index (κ2) is 5.70. The molecule has 0 aliphatic carbocycles. The summed E-state index contributed by atoms with van der Waals surface area (Å²) < 4.78 is 7.28. The van der Waals surface area contributed by atoms with E-state index in [0.717, 1.165) is 26.4 Å². The summed E-state index contributed by atoms with van der Waals surface area (Å²) in [6.45, 7) is 1.98. The first-order chi connectivity index (χ1) is 11.5. The van der Waals surface area contributed by atoms with Crippen LogP contribution in [0, 0.1) is 0 Å². The first-order valence-corrected chi connectivity index (χ1v) is 9.75. The van der Waals surface area contributed by atoms with Gasteiger partial charge in [-0.3, -0.25) is 4.90 Å². The van der Waals surface area contributed by atoms with Gasteiger partial charge in [0, 0.05) is 21.4 Å². The molecule has 2 aromatic rings. The quantitative estimate of drug-likeness (QED) is 0.720. The van der Waals surface area contributed by atoms with Crippen LogP contribution in [0.3, 0.4) is 0 Å². The molecule has 2 aliphatic heterocycles. The summed E-state index contributed by atoms with van der Waals surface area (Å²) in [7, 11) is 0. The summed E-state index contributed by atoms with van der Waals surface area (Å²) in [5.74, 6) is 0.822. The van der Waals surface area contributed by atoms with Crippen LogP contribution < -0.4 is 15.0 Å². The zero-order chi connectivity index (χ0) is 16.9. The molecule has 2 aliphatic rings. The topological polar surface area (TPSA) is 41.6 Å². The van der Waals surface area contributed by atoms with E-state index in [0.29, 0.717) is 6.42 Å². The van der Waals surface area contributed by atoms with Gasteiger partial charge >= 0.3 is 6.03 Å². The molecule has 0 saturated carbocycles. The predicted molar refractivity (Wildman–Crippen MR) is 99.8 cm³/mol. The normalized spacial score (nSPS) is 24.9. The number of ether oxygens (including phenoxy) is 1. The van der Waals surface area contributed by atoms with Crippen molar-refractivity contribution in [2.45, 2.75) is 30.0 Å². The fourth-order valence-electron chi connectivity index (χ4n) is 3.49. The monoisotopic (exact) mass is 404 g/mol. The summed E-state index contributed by atoms with van der Waals surface area (Å²) in [5, 5.41) is 3.12. The van der Waals surface area contributed by atoms with Gasteiger partial charge in [-0.05, 0) is 49.6 Å². The molecule has 6 heteroatoms. The number of nitrogens with one attached hydrogen (secondary N) is 1. The van der Waals surface area contributed by atoms with Crippen molar-refractivity contribution in [3.8, 4) is 5.75 Å². The van der Waals surface area contributed by atoms with Crippen molar-refractivity contribution in [1.29, 1.82) is 0 Å². The second-order valence-electron chi connectivity index (χ2n) is 6.20. The molecule has 4 rings (SSSR count). The SMILES string of the molecule is CSc1cccc(N2C(=O)N[C@H]3C[C@@]2(C)Oc2ccc(Br)cc23)c1. The van der Waals surface area contributed by atoms with Crippen LogP contribution in [0.25, 0.3) is 0 Å². The number of rotatable bonds is 2. The molecule has 0 aromatic heterocycles. The van der Waals surface area contributed by atoms with Crippen LogP contribution in [0.4, 0.5) is 10.5 Å². The number of amides is 2. The molecule has 0 radical (unpaired) electrons. The van der Waals surface area contributed by atoms with E-state index >= 15 is 0 Å². The molecule has 0 spiro atoms. The van der Waals surface area contributed by atoms with Crippen molar-refractivity contribution in [2.24, 2.45) is 0 Å². The van der Waals surface area contributed by atoms with Gasteiger partial charge in [-0.2, -0.15) is 0 Å². The highest BCUT2D eigenvalue weighted by Crippen LogP contribution is 2.46. The van der Waals surface area contributed by atoms with Gasteiger partial charge in [0.05, 0.1) is 11.7 Å². The van der Waals surface area contributed by atoms with Gasteiger partial charge < -0.3 is 10.1 Å². The number of thioether (sulfide) groups is 1. The van der Waals surface area contributed by atoms with E-state index in [9.17, 15) is 4.79 Å². The number of carbonyl (C=O) groups excluding carboxylic acids is 1. The highest BCUT2D eigenvalue weighted by Gasteiger charge is 2.49. The molecule has 124 valence electrons. The second-order valence-corrected chi connectivity index (χ2v) is 8.00. The molecule has 2 bridgehead atoms. The largest absolute Gasteiger partial charge is 0.467 e. The van der Waals surface area contributed by atoms with Crippen LogP contribution in [0.5, 0.6) is 5.75 Å². The first-order valence-electron chi connectivity index (χ1n) is 7.73. The summed E-state index contributed by atoms with van der Waals surface area (Å²) in [6, 6.07) is 13.8. The van der Waals surface area contributed by atoms with E-state index in [2.05, 4.69) is 21.2 Å². The van der Waals surface area contributed by atoms with Crippen LogP contribution >= 0.6 is 27.7 Å². The Labute approximate surface area is 153 Å². The highest BCUT2D eigenvalue weighted by molar-refractivity contribution is 9.10.